The Bertz CT molecular complexity index is 584. The summed E-state index contributed by atoms with van der Waals surface area (Å²) in [5, 5.41) is 15.6. The Balaban J connectivity index is 2.02. The van der Waals surface area contributed by atoms with Gasteiger partial charge in [-0.2, -0.15) is 0 Å². The third kappa shape index (κ3) is 3.08. The average molecular weight is 292 g/mol. The van der Waals surface area contributed by atoms with Gasteiger partial charge in [-0.05, 0) is 12.1 Å². The third-order valence-corrected chi connectivity index (χ3v) is 3.91. The van der Waals surface area contributed by atoms with Crippen LogP contribution in [0.2, 0.25) is 0 Å². The number of hydrogen-bond donors (Lipinski definition) is 2. The van der Waals surface area contributed by atoms with Crippen LogP contribution in [0.1, 0.15) is 28.2 Å². The highest BCUT2D eigenvalue weighted by molar-refractivity contribution is 7.09. The summed E-state index contributed by atoms with van der Waals surface area (Å²) in [6.45, 7) is 2.45. The Morgan fingerprint density at radius 3 is 3.00 bits per heavy atom. The number of nitrogens with zero attached hydrogens (tertiary/aromatic N) is 1. The van der Waals surface area contributed by atoms with E-state index in [1.165, 1.54) is 7.11 Å². The number of nitrogens with one attached hydrogen (secondary N) is 1. The molecule has 2 aromatic rings. The summed E-state index contributed by atoms with van der Waals surface area (Å²) in [7, 11) is 1.45. The van der Waals surface area contributed by atoms with Crippen molar-refractivity contribution in [3.05, 3.63) is 40.3 Å². The number of phenols is 1. The van der Waals surface area contributed by atoms with Crippen LogP contribution in [0.15, 0.2) is 29.8 Å². The second-order valence-electron chi connectivity index (χ2n) is 4.34. The Morgan fingerprint density at radius 2 is 2.35 bits per heavy atom. The molecular weight excluding hydrogens is 276 g/mol. The molecule has 0 radical (unpaired) electrons. The lowest BCUT2D eigenvalue weighted by atomic mass is 10.1. The molecule has 1 atom stereocenters. The van der Waals surface area contributed by atoms with Gasteiger partial charge in [0.05, 0.1) is 17.7 Å². The number of rotatable bonds is 5. The number of carbonyl (C=O) groups excluding carboxylic acids is 1. The van der Waals surface area contributed by atoms with E-state index in [1.54, 1.807) is 35.7 Å². The van der Waals surface area contributed by atoms with Gasteiger partial charge in [0, 0.05) is 24.0 Å². The standard InChI is InChI=1S/C14H16N2O3S/c1-9(14-15-6-7-20-14)8-16-13(18)10-4-3-5-11(19-2)12(10)17/h3-7,9,17H,8H2,1-2H3,(H,16,18). The highest BCUT2D eigenvalue weighted by Gasteiger charge is 2.16. The van der Waals surface area contributed by atoms with Crippen LogP contribution >= 0.6 is 11.3 Å². The van der Waals surface area contributed by atoms with Crippen LogP contribution in [0.3, 0.4) is 0 Å². The van der Waals surface area contributed by atoms with Crippen molar-refractivity contribution in [3.8, 4) is 11.5 Å². The molecule has 2 N–H and O–H groups in total. The largest absolute Gasteiger partial charge is 0.504 e. The smallest absolute Gasteiger partial charge is 0.255 e. The highest BCUT2D eigenvalue weighted by Crippen LogP contribution is 2.29. The zero-order valence-corrected chi connectivity index (χ0v) is 12.1. The minimum atomic E-state index is -0.329. The van der Waals surface area contributed by atoms with E-state index in [0.717, 1.165) is 5.01 Å². The van der Waals surface area contributed by atoms with Gasteiger partial charge < -0.3 is 15.2 Å². The first kappa shape index (κ1) is 14.3. The number of phenolic OH excluding ortho intramolecular Hbond substituents is 1. The van der Waals surface area contributed by atoms with E-state index in [4.69, 9.17) is 4.74 Å². The summed E-state index contributed by atoms with van der Waals surface area (Å²) < 4.78 is 4.98. The minimum absolute atomic E-state index is 0.131. The fraction of sp³-hybridized carbons (Fsp3) is 0.286. The van der Waals surface area contributed by atoms with E-state index in [1.807, 2.05) is 12.3 Å². The fourth-order valence-electron chi connectivity index (χ4n) is 1.78. The third-order valence-electron chi connectivity index (χ3n) is 2.91. The SMILES string of the molecule is COc1cccc(C(=O)NCC(C)c2nccs2)c1O. The fourth-order valence-corrected chi connectivity index (χ4v) is 2.47. The number of aromatic hydroxyl groups is 1. The van der Waals surface area contributed by atoms with Gasteiger partial charge in [0.15, 0.2) is 11.5 Å². The first-order valence-corrected chi connectivity index (χ1v) is 7.05. The van der Waals surface area contributed by atoms with Gasteiger partial charge in [-0.15, -0.1) is 11.3 Å². The predicted octanol–water partition coefficient (Wildman–Crippen LogP) is 2.39. The molecule has 0 aliphatic rings. The van der Waals surface area contributed by atoms with E-state index in [9.17, 15) is 9.90 Å². The van der Waals surface area contributed by atoms with Crippen molar-refractivity contribution in [2.75, 3.05) is 13.7 Å². The molecule has 2 rings (SSSR count). The Labute approximate surface area is 121 Å². The molecule has 1 unspecified atom stereocenters. The van der Waals surface area contributed by atoms with E-state index >= 15 is 0 Å². The highest BCUT2D eigenvalue weighted by atomic mass is 32.1. The number of benzene rings is 1. The molecule has 0 aliphatic heterocycles. The topological polar surface area (TPSA) is 71.5 Å². The van der Waals surface area contributed by atoms with Crippen LogP contribution in [0, 0.1) is 0 Å². The molecule has 5 nitrogen and oxygen atoms in total. The minimum Gasteiger partial charge on any atom is -0.504 e. The van der Waals surface area contributed by atoms with Gasteiger partial charge in [0.2, 0.25) is 0 Å². The number of carbonyl (C=O) groups is 1. The van der Waals surface area contributed by atoms with Crippen LogP contribution < -0.4 is 10.1 Å². The second-order valence-corrected chi connectivity index (χ2v) is 5.26. The van der Waals surface area contributed by atoms with Crippen LogP contribution in [0.5, 0.6) is 11.5 Å². The number of para-hydroxylation sites is 1. The molecule has 0 saturated heterocycles. The van der Waals surface area contributed by atoms with Gasteiger partial charge in [-0.3, -0.25) is 4.79 Å². The molecule has 0 spiro atoms. The monoisotopic (exact) mass is 292 g/mol. The normalized spacial score (nSPS) is 11.9. The molecule has 0 bridgehead atoms. The summed E-state index contributed by atoms with van der Waals surface area (Å²) in [6.07, 6.45) is 1.74. The number of hydrogen-bond acceptors (Lipinski definition) is 5. The molecule has 106 valence electrons. The summed E-state index contributed by atoms with van der Waals surface area (Å²) in [5.74, 6) is -0.0588. The lowest BCUT2D eigenvalue weighted by Gasteiger charge is -2.12. The van der Waals surface area contributed by atoms with Gasteiger partial charge in [-0.25, -0.2) is 4.98 Å². The van der Waals surface area contributed by atoms with Gasteiger partial charge in [0.25, 0.3) is 5.91 Å². The lowest BCUT2D eigenvalue weighted by molar-refractivity contribution is 0.0948. The zero-order valence-electron chi connectivity index (χ0n) is 11.3. The van der Waals surface area contributed by atoms with Gasteiger partial charge in [0.1, 0.15) is 0 Å². The Kier molecular flexibility index (Phi) is 4.57. The van der Waals surface area contributed by atoms with Crippen molar-refractivity contribution in [2.24, 2.45) is 0 Å². The molecule has 0 saturated carbocycles. The molecule has 0 aliphatic carbocycles. The quantitative estimate of drug-likeness (QED) is 0.887. The first-order chi connectivity index (χ1) is 9.63. The molecule has 1 aromatic carbocycles. The predicted molar refractivity (Wildman–Crippen MR) is 77.5 cm³/mol. The van der Waals surface area contributed by atoms with E-state index in [2.05, 4.69) is 10.3 Å². The lowest BCUT2D eigenvalue weighted by Crippen LogP contribution is -2.27. The molecule has 1 heterocycles. The molecule has 1 aromatic heterocycles. The summed E-state index contributed by atoms with van der Waals surface area (Å²) in [6, 6.07) is 4.82. The molecule has 0 fully saturated rings. The van der Waals surface area contributed by atoms with Crippen LogP contribution in [-0.2, 0) is 0 Å². The van der Waals surface area contributed by atoms with Crippen molar-refractivity contribution in [1.82, 2.24) is 10.3 Å². The Morgan fingerprint density at radius 1 is 1.55 bits per heavy atom. The molecule has 6 heteroatoms. The van der Waals surface area contributed by atoms with E-state index < -0.39 is 0 Å². The maximum atomic E-state index is 12.1. The Hall–Kier alpha value is -2.08. The summed E-state index contributed by atoms with van der Waals surface area (Å²) in [4.78, 5) is 16.3. The van der Waals surface area contributed by atoms with E-state index in [-0.39, 0.29) is 28.9 Å². The summed E-state index contributed by atoms with van der Waals surface area (Å²) >= 11 is 1.56. The number of ether oxygens (including phenoxy) is 1. The van der Waals surface area contributed by atoms with Crippen LogP contribution in [0.25, 0.3) is 0 Å². The number of thiazole rings is 1. The van der Waals surface area contributed by atoms with Crippen LogP contribution in [-0.4, -0.2) is 29.7 Å². The van der Waals surface area contributed by atoms with Crippen molar-refractivity contribution in [3.63, 3.8) is 0 Å². The first-order valence-electron chi connectivity index (χ1n) is 6.17. The second kappa shape index (κ2) is 6.38. The van der Waals surface area contributed by atoms with Crippen molar-refractivity contribution < 1.29 is 14.6 Å². The molecule has 20 heavy (non-hydrogen) atoms. The number of methoxy groups -OCH3 is 1. The van der Waals surface area contributed by atoms with Crippen LogP contribution in [0.4, 0.5) is 0 Å². The maximum Gasteiger partial charge on any atom is 0.255 e. The van der Waals surface area contributed by atoms with Gasteiger partial charge in [-0.1, -0.05) is 13.0 Å². The zero-order chi connectivity index (χ0) is 14.5. The average Bonchev–Trinajstić information content (AvgIpc) is 2.99. The number of aromatic nitrogens is 1. The van der Waals surface area contributed by atoms with Crippen molar-refractivity contribution >= 4 is 17.2 Å². The van der Waals surface area contributed by atoms with Gasteiger partial charge >= 0.3 is 0 Å². The maximum absolute atomic E-state index is 12.1. The molecular formula is C14H16N2O3S. The van der Waals surface area contributed by atoms with Crippen molar-refractivity contribution in [1.29, 1.82) is 0 Å². The number of amides is 1. The van der Waals surface area contributed by atoms with Crippen molar-refractivity contribution in [2.45, 2.75) is 12.8 Å². The molecule has 1 amide bonds. The summed E-state index contributed by atoms with van der Waals surface area (Å²) in [5.41, 5.74) is 0.204. The van der Waals surface area contributed by atoms with E-state index in [0.29, 0.717) is 6.54 Å².